The number of anilines is 2. The Hall–Kier alpha value is -2.98. The molecule has 1 aliphatic rings. The maximum Gasteiger partial charge on any atom is 0.426 e. The molecule has 0 radical (unpaired) electrons. The average molecular weight is 365 g/mol. The van der Waals surface area contributed by atoms with E-state index in [1.807, 2.05) is 0 Å². The number of hydrazine groups is 1. The highest BCUT2D eigenvalue weighted by Gasteiger charge is 2.24. The van der Waals surface area contributed by atoms with Crippen LogP contribution in [0.4, 0.5) is 16.2 Å². The van der Waals surface area contributed by atoms with E-state index in [0.717, 1.165) is 4.31 Å². The Kier molecular flexibility index (Phi) is 4.15. The van der Waals surface area contributed by atoms with E-state index in [0.29, 0.717) is 22.2 Å². The van der Waals surface area contributed by atoms with Gasteiger partial charge in [-0.3, -0.25) is 4.31 Å². The zero-order valence-corrected chi connectivity index (χ0v) is 13.9. The smallest absolute Gasteiger partial charge is 0.426 e. The predicted octanol–water partition coefficient (Wildman–Crippen LogP) is 1.60. The molecule has 3 rings (SSSR count). The summed E-state index contributed by atoms with van der Waals surface area (Å²) in [5.41, 5.74) is 0.408. The second kappa shape index (κ2) is 6.15. The number of nitrogens with two attached hydrogens (primary N) is 1. The molecule has 25 heavy (non-hydrogen) atoms. The Morgan fingerprint density at radius 2 is 1.84 bits per heavy atom. The zero-order valence-electron chi connectivity index (χ0n) is 13.1. The summed E-state index contributed by atoms with van der Waals surface area (Å²) in [6.07, 6.45) is -1.40. The van der Waals surface area contributed by atoms with Gasteiger partial charge < -0.3 is 14.6 Å². The number of hydrogen-bond acceptors (Lipinski definition) is 6. The molecule has 0 aliphatic carbocycles. The highest BCUT2D eigenvalue weighted by atomic mass is 32.2. The molecular weight excluding hydrogens is 350 g/mol. The van der Waals surface area contributed by atoms with E-state index in [1.54, 1.807) is 18.2 Å². The van der Waals surface area contributed by atoms with Gasteiger partial charge in [0.05, 0.1) is 16.3 Å². The summed E-state index contributed by atoms with van der Waals surface area (Å²) in [5, 5.41) is 9.37. The molecule has 9 nitrogen and oxygen atoms in total. The van der Waals surface area contributed by atoms with Crippen LogP contribution < -0.4 is 24.6 Å². The van der Waals surface area contributed by atoms with Crippen molar-refractivity contribution in [2.24, 2.45) is 5.84 Å². The minimum atomic E-state index is -3.93. The Bertz CT molecular complexity index is 931. The molecule has 1 amide bonds. The molecule has 0 unspecified atom stereocenters. The first-order valence-electron chi connectivity index (χ1n) is 7.07. The van der Waals surface area contributed by atoms with Gasteiger partial charge in [0, 0.05) is 13.1 Å². The van der Waals surface area contributed by atoms with E-state index in [4.69, 9.17) is 20.4 Å². The summed E-state index contributed by atoms with van der Waals surface area (Å²) in [6.45, 7) is 0.0822. The van der Waals surface area contributed by atoms with Crippen LogP contribution in [0.5, 0.6) is 11.5 Å². The van der Waals surface area contributed by atoms with Crippen LogP contribution in [0.2, 0.25) is 0 Å². The van der Waals surface area contributed by atoms with Crippen LogP contribution in [0, 0.1) is 0 Å². The van der Waals surface area contributed by atoms with E-state index in [1.165, 1.54) is 31.3 Å². The molecule has 0 saturated carbocycles. The third-order valence-electron chi connectivity index (χ3n) is 3.68. The van der Waals surface area contributed by atoms with Crippen LogP contribution in [0.15, 0.2) is 47.4 Å². The van der Waals surface area contributed by atoms with Crippen molar-refractivity contribution >= 4 is 27.5 Å². The monoisotopic (exact) mass is 365 g/mol. The molecule has 0 fully saturated rings. The molecule has 0 saturated heterocycles. The van der Waals surface area contributed by atoms with Crippen LogP contribution in [0.3, 0.4) is 0 Å². The molecule has 132 valence electrons. The summed E-state index contributed by atoms with van der Waals surface area (Å²) in [6, 6.07) is 10.1. The molecule has 2 aromatic rings. The molecule has 1 aliphatic heterocycles. The SMILES string of the molecule is CN(c1ccc2c(c1)OCO2)S(=O)(=O)c1cccc(N(N)C(=O)O)c1. The molecule has 0 spiro atoms. The molecular formula is C15H15N3O6S. The first-order valence-corrected chi connectivity index (χ1v) is 8.51. The standard InChI is InChI=1S/C15H15N3O6S/c1-17(10-5-6-13-14(8-10)24-9-23-13)25(21,22)12-4-2-3-11(7-12)18(16)15(19)20/h2-8H,9,16H2,1H3,(H,19,20). The lowest BCUT2D eigenvalue weighted by atomic mass is 10.3. The van der Waals surface area contributed by atoms with Gasteiger partial charge in [-0.15, -0.1) is 0 Å². The lowest BCUT2D eigenvalue weighted by Crippen LogP contribution is -2.36. The van der Waals surface area contributed by atoms with Crippen molar-refractivity contribution in [3.05, 3.63) is 42.5 Å². The predicted molar refractivity (Wildman–Crippen MR) is 89.3 cm³/mol. The highest BCUT2D eigenvalue weighted by molar-refractivity contribution is 7.92. The van der Waals surface area contributed by atoms with Gasteiger partial charge in [0.25, 0.3) is 10.0 Å². The second-order valence-electron chi connectivity index (χ2n) is 5.16. The lowest BCUT2D eigenvalue weighted by molar-refractivity contribution is 0.174. The van der Waals surface area contributed by atoms with Gasteiger partial charge in [-0.05, 0) is 30.3 Å². The van der Waals surface area contributed by atoms with Crippen LogP contribution in [-0.4, -0.2) is 33.5 Å². The van der Waals surface area contributed by atoms with Gasteiger partial charge in [0.1, 0.15) is 0 Å². The Morgan fingerprint density at radius 3 is 2.56 bits per heavy atom. The summed E-state index contributed by atoms with van der Waals surface area (Å²) < 4.78 is 37.2. The number of rotatable bonds is 4. The van der Waals surface area contributed by atoms with Crippen molar-refractivity contribution < 1.29 is 27.8 Å². The molecule has 2 aromatic carbocycles. The largest absolute Gasteiger partial charge is 0.464 e. The lowest BCUT2D eigenvalue weighted by Gasteiger charge is -2.21. The molecule has 3 N–H and O–H groups in total. The average Bonchev–Trinajstić information content (AvgIpc) is 3.08. The fourth-order valence-electron chi connectivity index (χ4n) is 2.28. The van der Waals surface area contributed by atoms with Crippen LogP contribution in [-0.2, 0) is 10.0 Å². The number of carboxylic acid groups (broad SMARTS) is 1. The van der Waals surface area contributed by atoms with Gasteiger partial charge in [0.15, 0.2) is 11.5 Å². The summed E-state index contributed by atoms with van der Waals surface area (Å²) in [4.78, 5) is 10.8. The number of carbonyl (C=O) groups is 1. The normalized spacial score (nSPS) is 12.7. The molecule has 0 bridgehead atoms. The van der Waals surface area contributed by atoms with Crippen molar-refractivity contribution in [3.8, 4) is 11.5 Å². The molecule has 10 heteroatoms. The van der Waals surface area contributed by atoms with Crippen molar-refractivity contribution in [2.75, 3.05) is 23.2 Å². The Labute approximate surface area is 143 Å². The maximum atomic E-state index is 12.8. The molecule has 0 aromatic heterocycles. The van der Waals surface area contributed by atoms with E-state index >= 15 is 0 Å². The number of sulfonamides is 1. The van der Waals surface area contributed by atoms with E-state index < -0.39 is 16.1 Å². The topological polar surface area (TPSA) is 122 Å². The third-order valence-corrected chi connectivity index (χ3v) is 5.46. The molecule has 0 atom stereocenters. The summed E-state index contributed by atoms with van der Waals surface area (Å²) >= 11 is 0. The fraction of sp³-hybridized carbons (Fsp3) is 0.133. The van der Waals surface area contributed by atoms with Crippen molar-refractivity contribution in [2.45, 2.75) is 4.90 Å². The van der Waals surface area contributed by atoms with Gasteiger partial charge in [-0.1, -0.05) is 6.07 Å². The number of ether oxygens (including phenoxy) is 2. The fourth-order valence-corrected chi connectivity index (χ4v) is 3.51. The van der Waals surface area contributed by atoms with E-state index in [-0.39, 0.29) is 17.4 Å². The van der Waals surface area contributed by atoms with Crippen molar-refractivity contribution in [1.82, 2.24) is 0 Å². The van der Waals surface area contributed by atoms with Crippen LogP contribution in [0.25, 0.3) is 0 Å². The number of amides is 1. The minimum absolute atomic E-state index is 0.0349. The Balaban J connectivity index is 1.96. The quantitative estimate of drug-likeness (QED) is 0.479. The highest BCUT2D eigenvalue weighted by Crippen LogP contribution is 2.36. The van der Waals surface area contributed by atoms with E-state index in [2.05, 4.69) is 0 Å². The summed E-state index contributed by atoms with van der Waals surface area (Å²) in [7, 11) is -2.54. The first-order chi connectivity index (χ1) is 11.8. The number of hydrogen-bond donors (Lipinski definition) is 2. The Morgan fingerprint density at radius 1 is 1.12 bits per heavy atom. The van der Waals surface area contributed by atoms with Crippen molar-refractivity contribution in [3.63, 3.8) is 0 Å². The number of benzene rings is 2. The van der Waals surface area contributed by atoms with Gasteiger partial charge in [-0.2, -0.15) is 0 Å². The number of nitrogens with zero attached hydrogens (tertiary/aromatic N) is 2. The summed E-state index contributed by atoms with van der Waals surface area (Å²) in [5.74, 6) is 6.38. The minimum Gasteiger partial charge on any atom is -0.464 e. The van der Waals surface area contributed by atoms with Crippen LogP contribution >= 0.6 is 0 Å². The molecule has 1 heterocycles. The van der Waals surface area contributed by atoms with Gasteiger partial charge in [-0.25, -0.2) is 24.1 Å². The van der Waals surface area contributed by atoms with Crippen molar-refractivity contribution in [1.29, 1.82) is 0 Å². The second-order valence-corrected chi connectivity index (χ2v) is 7.13. The van der Waals surface area contributed by atoms with E-state index in [9.17, 15) is 13.2 Å². The first kappa shape index (κ1) is 16.9. The van der Waals surface area contributed by atoms with Gasteiger partial charge in [0.2, 0.25) is 6.79 Å². The number of fused-ring (bicyclic) bond motifs is 1. The zero-order chi connectivity index (χ0) is 18.2. The third kappa shape index (κ3) is 3.04. The maximum absolute atomic E-state index is 12.8. The van der Waals surface area contributed by atoms with Gasteiger partial charge >= 0.3 is 6.09 Å². The van der Waals surface area contributed by atoms with Crippen LogP contribution in [0.1, 0.15) is 0 Å².